The van der Waals surface area contributed by atoms with Crippen LogP contribution in [-0.2, 0) is 0 Å². The van der Waals surface area contributed by atoms with Crippen LogP contribution in [0, 0.1) is 17.8 Å². The fraction of sp³-hybridized carbons (Fsp3) is 0.800. The van der Waals surface area contributed by atoms with Crippen LogP contribution < -0.4 is 0 Å². The molecule has 54 valence electrons. The van der Waals surface area contributed by atoms with Crippen LogP contribution in [0.25, 0.3) is 0 Å². The van der Waals surface area contributed by atoms with E-state index < -0.39 is 0 Å². The monoisotopic (exact) mass is 134 g/mol. The molecule has 2 unspecified atom stereocenters. The highest BCUT2D eigenvalue weighted by atomic mass is 14.5. The van der Waals surface area contributed by atoms with Crippen LogP contribution in [0.4, 0.5) is 0 Å². The SMILES string of the molecule is C1=C2CCC(C3CCC3)C12. The topological polar surface area (TPSA) is 0 Å². The van der Waals surface area contributed by atoms with Crippen LogP contribution in [0.15, 0.2) is 11.6 Å². The summed E-state index contributed by atoms with van der Waals surface area (Å²) < 4.78 is 0. The smallest absolute Gasteiger partial charge is 0.00109 e. The van der Waals surface area contributed by atoms with Crippen LogP contribution in [0.5, 0.6) is 0 Å². The lowest BCUT2D eigenvalue weighted by Gasteiger charge is -2.32. The minimum absolute atomic E-state index is 1.02. The molecule has 0 radical (unpaired) electrons. The predicted octanol–water partition coefficient (Wildman–Crippen LogP) is 2.75. The number of hydrogen-bond donors (Lipinski definition) is 0. The second-order valence-electron chi connectivity index (χ2n) is 4.16. The highest BCUT2D eigenvalue weighted by molar-refractivity contribution is 5.34. The molecule has 0 heterocycles. The van der Waals surface area contributed by atoms with Gasteiger partial charge in [0.2, 0.25) is 0 Å². The van der Waals surface area contributed by atoms with Crippen LogP contribution in [0.2, 0.25) is 0 Å². The normalized spacial score (nSPS) is 44.2. The average Bonchev–Trinajstić information content (AvgIpc) is 2.48. The molecule has 3 rings (SSSR count). The van der Waals surface area contributed by atoms with E-state index in [4.69, 9.17) is 0 Å². The first-order valence-electron chi connectivity index (χ1n) is 4.66. The van der Waals surface area contributed by atoms with Crippen LogP contribution >= 0.6 is 0 Å². The number of fused-ring (bicyclic) bond motifs is 1. The minimum Gasteiger partial charge on any atom is -0.0772 e. The molecule has 0 heteroatoms. The summed E-state index contributed by atoms with van der Waals surface area (Å²) in [5, 5.41) is 0. The van der Waals surface area contributed by atoms with Crippen molar-refractivity contribution in [2.75, 3.05) is 0 Å². The molecule has 0 aromatic carbocycles. The summed E-state index contributed by atoms with van der Waals surface area (Å²) in [7, 11) is 0. The van der Waals surface area contributed by atoms with Crippen LogP contribution in [0.3, 0.4) is 0 Å². The largest absolute Gasteiger partial charge is 0.0772 e. The maximum atomic E-state index is 2.51. The standard InChI is InChI=1S/C10H14/c1-2-7(3-1)9-5-4-8-6-10(8)9/h6-7,9-10H,1-5H2. The molecule has 2 saturated carbocycles. The van der Waals surface area contributed by atoms with Crippen LogP contribution in [0.1, 0.15) is 32.1 Å². The van der Waals surface area contributed by atoms with Crippen molar-refractivity contribution in [2.45, 2.75) is 32.1 Å². The number of hydrogen-bond acceptors (Lipinski definition) is 0. The molecule has 3 aliphatic carbocycles. The third-order valence-electron chi connectivity index (χ3n) is 3.70. The molecule has 0 aromatic rings. The van der Waals surface area contributed by atoms with Gasteiger partial charge in [-0.05, 0) is 24.7 Å². The van der Waals surface area contributed by atoms with Gasteiger partial charge in [-0.1, -0.05) is 30.9 Å². The van der Waals surface area contributed by atoms with E-state index in [1.54, 1.807) is 18.4 Å². The summed E-state index contributed by atoms with van der Waals surface area (Å²) >= 11 is 0. The van der Waals surface area contributed by atoms with Gasteiger partial charge in [0.1, 0.15) is 0 Å². The van der Waals surface area contributed by atoms with E-state index in [9.17, 15) is 0 Å². The lowest BCUT2D eigenvalue weighted by molar-refractivity contribution is 0.196. The minimum atomic E-state index is 1.02. The van der Waals surface area contributed by atoms with Gasteiger partial charge in [-0.3, -0.25) is 0 Å². The Kier molecular flexibility index (Phi) is 0.898. The average molecular weight is 134 g/mol. The Morgan fingerprint density at radius 1 is 1.20 bits per heavy atom. The summed E-state index contributed by atoms with van der Waals surface area (Å²) in [6, 6.07) is 0. The van der Waals surface area contributed by atoms with Gasteiger partial charge in [0.25, 0.3) is 0 Å². The van der Waals surface area contributed by atoms with Gasteiger partial charge >= 0.3 is 0 Å². The zero-order valence-electron chi connectivity index (χ0n) is 6.34. The Morgan fingerprint density at radius 2 is 2.10 bits per heavy atom. The maximum absolute atomic E-state index is 2.51. The number of allylic oxidation sites excluding steroid dienone is 2. The predicted molar refractivity (Wildman–Crippen MR) is 41.6 cm³/mol. The molecular formula is C10H14. The Balaban J connectivity index is 1.71. The first-order chi connectivity index (χ1) is 4.95. The van der Waals surface area contributed by atoms with Crippen molar-refractivity contribution in [3.05, 3.63) is 11.6 Å². The van der Waals surface area contributed by atoms with E-state index in [0.29, 0.717) is 0 Å². The summed E-state index contributed by atoms with van der Waals surface area (Å²) in [6.45, 7) is 0. The van der Waals surface area contributed by atoms with Gasteiger partial charge in [0.05, 0.1) is 0 Å². The van der Waals surface area contributed by atoms with Gasteiger partial charge in [-0.15, -0.1) is 0 Å². The highest BCUT2D eigenvalue weighted by Gasteiger charge is 2.43. The Labute approximate surface area is 62.3 Å². The first-order valence-corrected chi connectivity index (χ1v) is 4.66. The summed E-state index contributed by atoms with van der Waals surface area (Å²) in [5.74, 6) is 3.27. The van der Waals surface area contributed by atoms with Crippen LogP contribution in [-0.4, -0.2) is 0 Å². The van der Waals surface area contributed by atoms with E-state index >= 15 is 0 Å². The zero-order valence-corrected chi connectivity index (χ0v) is 6.34. The molecule has 0 N–H and O–H groups in total. The fourth-order valence-electron chi connectivity index (χ4n) is 2.74. The van der Waals surface area contributed by atoms with Crippen molar-refractivity contribution in [2.24, 2.45) is 17.8 Å². The molecule has 10 heavy (non-hydrogen) atoms. The molecule has 0 spiro atoms. The highest BCUT2D eigenvalue weighted by Crippen LogP contribution is 2.55. The molecule has 2 atom stereocenters. The van der Waals surface area contributed by atoms with Crippen molar-refractivity contribution in [1.82, 2.24) is 0 Å². The van der Waals surface area contributed by atoms with E-state index in [0.717, 1.165) is 17.8 Å². The van der Waals surface area contributed by atoms with Gasteiger partial charge in [-0.25, -0.2) is 0 Å². The van der Waals surface area contributed by atoms with Gasteiger partial charge in [-0.2, -0.15) is 0 Å². The third kappa shape index (κ3) is 0.574. The molecule has 0 nitrogen and oxygen atoms in total. The second-order valence-corrected chi connectivity index (χ2v) is 4.16. The Morgan fingerprint density at radius 3 is 2.50 bits per heavy atom. The molecule has 0 bridgehead atoms. The maximum Gasteiger partial charge on any atom is 0.00109 e. The van der Waals surface area contributed by atoms with Crippen molar-refractivity contribution in [1.29, 1.82) is 0 Å². The summed E-state index contributed by atoms with van der Waals surface area (Å²) in [4.78, 5) is 0. The lowest BCUT2D eigenvalue weighted by Crippen LogP contribution is -2.21. The van der Waals surface area contributed by atoms with E-state index in [2.05, 4.69) is 6.08 Å². The number of rotatable bonds is 1. The Bertz CT molecular complexity index is 186. The van der Waals surface area contributed by atoms with E-state index in [-0.39, 0.29) is 0 Å². The van der Waals surface area contributed by atoms with Crippen molar-refractivity contribution < 1.29 is 0 Å². The van der Waals surface area contributed by atoms with Gasteiger partial charge in [0, 0.05) is 5.92 Å². The van der Waals surface area contributed by atoms with Crippen molar-refractivity contribution in [3.63, 3.8) is 0 Å². The van der Waals surface area contributed by atoms with Crippen molar-refractivity contribution in [3.8, 4) is 0 Å². The van der Waals surface area contributed by atoms with E-state index in [1.165, 1.54) is 19.3 Å². The molecule has 0 aromatic heterocycles. The van der Waals surface area contributed by atoms with Crippen molar-refractivity contribution >= 4 is 0 Å². The second kappa shape index (κ2) is 1.66. The quantitative estimate of drug-likeness (QED) is 0.484. The molecular weight excluding hydrogens is 120 g/mol. The van der Waals surface area contributed by atoms with E-state index in [1.807, 2.05) is 0 Å². The zero-order chi connectivity index (χ0) is 6.55. The summed E-state index contributed by atoms with van der Waals surface area (Å²) in [5.41, 5.74) is 1.80. The summed E-state index contributed by atoms with van der Waals surface area (Å²) in [6.07, 6.45) is 10.1. The molecule has 2 fully saturated rings. The Hall–Kier alpha value is -0.260. The molecule has 0 amide bonds. The fourth-order valence-corrected chi connectivity index (χ4v) is 2.74. The van der Waals surface area contributed by atoms with Gasteiger partial charge < -0.3 is 0 Å². The lowest BCUT2D eigenvalue weighted by atomic mass is 9.73. The third-order valence-corrected chi connectivity index (χ3v) is 3.70. The molecule has 3 aliphatic rings. The molecule has 0 saturated heterocycles. The first kappa shape index (κ1) is 5.40. The molecule has 0 aliphatic heterocycles. The van der Waals surface area contributed by atoms with Gasteiger partial charge in [0.15, 0.2) is 0 Å².